The number of benzene rings is 1. The molecule has 0 amide bonds. The molecule has 0 fully saturated rings. The van der Waals surface area contributed by atoms with Crippen molar-refractivity contribution in [2.24, 2.45) is 0 Å². The molecule has 2 N–H and O–H groups in total. The number of nitrogens with zero attached hydrogens (tertiary/aromatic N) is 2. The van der Waals surface area contributed by atoms with Crippen molar-refractivity contribution in [1.29, 1.82) is 0 Å². The molecule has 0 atom stereocenters. The second-order valence-corrected chi connectivity index (χ2v) is 4.82. The number of H-pyrrole nitrogens is 1. The summed E-state index contributed by atoms with van der Waals surface area (Å²) in [4.78, 5) is 16.3. The molecular weight excluding hydrogens is 262 g/mol. The number of carboxylic acids is 1. The molecule has 0 aliphatic rings. The third kappa shape index (κ3) is 2.25. The summed E-state index contributed by atoms with van der Waals surface area (Å²) >= 11 is 1.56. The highest BCUT2D eigenvalue weighted by atomic mass is 32.1. The van der Waals surface area contributed by atoms with Gasteiger partial charge in [-0.1, -0.05) is 18.2 Å². The number of hydrogen-bond acceptors (Lipinski definition) is 4. The number of aromatic nitrogens is 3. The predicted octanol–water partition coefficient (Wildman–Crippen LogP) is 2.90. The molecular formula is C13H9N3O2S. The molecule has 0 saturated carbocycles. The molecule has 0 radical (unpaired) electrons. The van der Waals surface area contributed by atoms with Gasteiger partial charge in [0.1, 0.15) is 0 Å². The van der Waals surface area contributed by atoms with Crippen LogP contribution in [0.25, 0.3) is 22.1 Å². The Kier molecular flexibility index (Phi) is 2.85. The molecule has 3 rings (SSSR count). The van der Waals surface area contributed by atoms with E-state index in [-0.39, 0.29) is 5.56 Å². The molecule has 2 aromatic heterocycles. The van der Waals surface area contributed by atoms with Crippen molar-refractivity contribution in [3.8, 4) is 22.1 Å². The van der Waals surface area contributed by atoms with Gasteiger partial charge in [0.25, 0.3) is 0 Å². The number of thiophene rings is 1. The van der Waals surface area contributed by atoms with Crippen molar-refractivity contribution in [1.82, 2.24) is 15.2 Å². The number of hydrogen-bond donors (Lipinski definition) is 2. The topological polar surface area (TPSA) is 78.9 Å². The Morgan fingerprint density at radius 2 is 2.16 bits per heavy atom. The summed E-state index contributed by atoms with van der Waals surface area (Å²) in [7, 11) is 0. The van der Waals surface area contributed by atoms with E-state index in [9.17, 15) is 4.79 Å². The van der Waals surface area contributed by atoms with Crippen molar-refractivity contribution in [3.05, 3.63) is 47.3 Å². The fourth-order valence-electron chi connectivity index (χ4n) is 1.71. The van der Waals surface area contributed by atoms with Gasteiger partial charge >= 0.3 is 5.97 Å². The molecule has 6 heteroatoms. The minimum Gasteiger partial charge on any atom is -0.478 e. The summed E-state index contributed by atoms with van der Waals surface area (Å²) in [5, 5.41) is 17.9. The van der Waals surface area contributed by atoms with E-state index in [0.717, 1.165) is 4.88 Å². The lowest BCUT2D eigenvalue weighted by molar-refractivity contribution is 0.0697. The quantitative estimate of drug-likeness (QED) is 0.767. The van der Waals surface area contributed by atoms with Crippen molar-refractivity contribution >= 4 is 17.3 Å². The number of aromatic amines is 1. The van der Waals surface area contributed by atoms with Crippen molar-refractivity contribution < 1.29 is 9.90 Å². The van der Waals surface area contributed by atoms with Gasteiger partial charge < -0.3 is 5.11 Å². The van der Waals surface area contributed by atoms with Crippen LogP contribution in [0.2, 0.25) is 0 Å². The number of nitrogens with one attached hydrogen (secondary N) is 1. The maximum absolute atomic E-state index is 10.9. The van der Waals surface area contributed by atoms with Crippen LogP contribution in [0.3, 0.4) is 0 Å². The largest absolute Gasteiger partial charge is 0.478 e. The minimum atomic E-state index is -0.962. The average molecular weight is 271 g/mol. The van der Waals surface area contributed by atoms with E-state index in [1.165, 1.54) is 0 Å². The second kappa shape index (κ2) is 4.66. The number of rotatable bonds is 3. The van der Waals surface area contributed by atoms with E-state index in [4.69, 9.17) is 5.11 Å². The molecule has 0 saturated heterocycles. The molecule has 5 nitrogen and oxygen atoms in total. The lowest BCUT2D eigenvalue weighted by atomic mass is 10.1. The van der Waals surface area contributed by atoms with E-state index in [0.29, 0.717) is 17.2 Å². The lowest BCUT2D eigenvalue weighted by Crippen LogP contribution is -1.96. The first-order chi connectivity index (χ1) is 9.24. The van der Waals surface area contributed by atoms with Crippen LogP contribution in [-0.2, 0) is 0 Å². The number of aromatic carboxylic acids is 1. The first-order valence-corrected chi connectivity index (χ1v) is 6.42. The van der Waals surface area contributed by atoms with Crippen LogP contribution in [0.5, 0.6) is 0 Å². The van der Waals surface area contributed by atoms with Gasteiger partial charge in [-0.3, -0.25) is 5.10 Å². The fourth-order valence-corrected chi connectivity index (χ4v) is 2.37. The smallest absolute Gasteiger partial charge is 0.335 e. The number of carboxylic acid groups (broad SMARTS) is 1. The van der Waals surface area contributed by atoms with Gasteiger partial charge in [0, 0.05) is 5.56 Å². The highest BCUT2D eigenvalue weighted by molar-refractivity contribution is 7.13. The first-order valence-electron chi connectivity index (χ1n) is 5.54. The van der Waals surface area contributed by atoms with Crippen LogP contribution >= 0.6 is 11.3 Å². The normalized spacial score (nSPS) is 10.5. The third-order valence-corrected chi connectivity index (χ3v) is 3.48. The summed E-state index contributed by atoms with van der Waals surface area (Å²) in [6.07, 6.45) is 0. The molecule has 2 heterocycles. The molecule has 0 unspecified atom stereocenters. The molecule has 0 bridgehead atoms. The Labute approximate surface area is 112 Å². The lowest BCUT2D eigenvalue weighted by Gasteiger charge is -1.97. The molecule has 0 aliphatic heterocycles. The third-order valence-electron chi connectivity index (χ3n) is 2.61. The molecule has 1 aromatic carbocycles. The van der Waals surface area contributed by atoms with Gasteiger partial charge in [-0.2, -0.15) is 5.10 Å². The van der Waals surface area contributed by atoms with E-state index in [2.05, 4.69) is 15.2 Å². The van der Waals surface area contributed by atoms with Crippen LogP contribution < -0.4 is 0 Å². The van der Waals surface area contributed by atoms with Gasteiger partial charge in [-0.05, 0) is 23.6 Å². The summed E-state index contributed by atoms with van der Waals surface area (Å²) in [5.41, 5.74) is 0.902. The Balaban J connectivity index is 1.99. The van der Waals surface area contributed by atoms with E-state index < -0.39 is 5.97 Å². The molecule has 0 aliphatic carbocycles. The van der Waals surface area contributed by atoms with Crippen LogP contribution in [-0.4, -0.2) is 26.3 Å². The minimum absolute atomic E-state index is 0.222. The Hall–Kier alpha value is -2.47. The average Bonchev–Trinajstić information content (AvgIpc) is 3.09. The SMILES string of the molecule is O=C(O)c1cccc(-c2n[nH]c(-c3cccs3)n2)c1. The summed E-state index contributed by atoms with van der Waals surface area (Å²) < 4.78 is 0. The molecule has 0 spiro atoms. The summed E-state index contributed by atoms with van der Waals surface area (Å²) in [6, 6.07) is 10.5. The fraction of sp³-hybridized carbons (Fsp3) is 0. The Bertz CT molecular complexity index is 719. The van der Waals surface area contributed by atoms with E-state index in [1.807, 2.05) is 17.5 Å². The van der Waals surface area contributed by atoms with Crippen molar-refractivity contribution in [2.45, 2.75) is 0 Å². The van der Waals surface area contributed by atoms with Crippen LogP contribution in [0.4, 0.5) is 0 Å². The maximum atomic E-state index is 10.9. The zero-order valence-corrected chi connectivity index (χ0v) is 10.5. The standard InChI is InChI=1S/C13H9N3O2S/c17-13(18)9-4-1-3-8(7-9)11-14-12(16-15-11)10-5-2-6-19-10/h1-7H,(H,17,18)(H,14,15,16). The summed E-state index contributed by atoms with van der Waals surface area (Å²) in [6.45, 7) is 0. The predicted molar refractivity (Wildman–Crippen MR) is 72.1 cm³/mol. The van der Waals surface area contributed by atoms with E-state index in [1.54, 1.807) is 35.6 Å². The van der Waals surface area contributed by atoms with Crippen molar-refractivity contribution in [2.75, 3.05) is 0 Å². The van der Waals surface area contributed by atoms with Crippen LogP contribution in [0.1, 0.15) is 10.4 Å². The van der Waals surface area contributed by atoms with Gasteiger partial charge in [0.15, 0.2) is 11.6 Å². The highest BCUT2D eigenvalue weighted by Gasteiger charge is 2.10. The van der Waals surface area contributed by atoms with Gasteiger partial charge in [-0.15, -0.1) is 11.3 Å². The first kappa shape index (κ1) is 11.6. The maximum Gasteiger partial charge on any atom is 0.335 e. The second-order valence-electron chi connectivity index (χ2n) is 3.87. The van der Waals surface area contributed by atoms with Gasteiger partial charge in [0.05, 0.1) is 10.4 Å². The van der Waals surface area contributed by atoms with Crippen LogP contribution in [0, 0.1) is 0 Å². The Morgan fingerprint density at radius 3 is 2.89 bits per heavy atom. The summed E-state index contributed by atoms with van der Waals surface area (Å²) in [5.74, 6) is 0.216. The molecule has 19 heavy (non-hydrogen) atoms. The highest BCUT2D eigenvalue weighted by Crippen LogP contribution is 2.23. The number of carbonyl (C=O) groups is 1. The monoisotopic (exact) mass is 271 g/mol. The van der Waals surface area contributed by atoms with Gasteiger partial charge in [0.2, 0.25) is 0 Å². The zero-order chi connectivity index (χ0) is 13.2. The van der Waals surface area contributed by atoms with Gasteiger partial charge in [-0.25, -0.2) is 9.78 Å². The molecule has 3 aromatic rings. The van der Waals surface area contributed by atoms with Crippen LogP contribution in [0.15, 0.2) is 41.8 Å². The van der Waals surface area contributed by atoms with Crippen molar-refractivity contribution in [3.63, 3.8) is 0 Å². The zero-order valence-electron chi connectivity index (χ0n) is 9.70. The Morgan fingerprint density at radius 1 is 1.26 bits per heavy atom. The molecule has 94 valence electrons. The van der Waals surface area contributed by atoms with E-state index >= 15 is 0 Å².